The van der Waals surface area contributed by atoms with Crippen molar-refractivity contribution in [1.29, 1.82) is 0 Å². The van der Waals surface area contributed by atoms with Gasteiger partial charge in [-0.2, -0.15) is 0 Å². The molecule has 1 atom stereocenters. The zero-order valence-electron chi connectivity index (χ0n) is 9.89. The van der Waals surface area contributed by atoms with Crippen LogP contribution in [0, 0.1) is 11.2 Å². The highest BCUT2D eigenvalue weighted by atomic mass is 35.5. The predicted molar refractivity (Wildman–Crippen MR) is 67.2 cm³/mol. The average molecular weight is 244 g/mol. The summed E-state index contributed by atoms with van der Waals surface area (Å²) in [6, 6.07) is 4.68. The molecule has 0 aromatic heterocycles. The first-order chi connectivity index (χ1) is 7.50. The molecule has 16 heavy (non-hydrogen) atoms. The van der Waals surface area contributed by atoms with Crippen LogP contribution in [0.1, 0.15) is 32.3 Å². The molecular formula is C13H19ClFN. The molecule has 0 radical (unpaired) electrons. The van der Waals surface area contributed by atoms with E-state index in [0.717, 1.165) is 12.8 Å². The van der Waals surface area contributed by atoms with Gasteiger partial charge in [-0.25, -0.2) is 4.39 Å². The van der Waals surface area contributed by atoms with Gasteiger partial charge < -0.3 is 5.73 Å². The van der Waals surface area contributed by atoms with Crippen LogP contribution in [-0.4, -0.2) is 6.54 Å². The van der Waals surface area contributed by atoms with Gasteiger partial charge in [0.25, 0.3) is 0 Å². The first kappa shape index (κ1) is 13.5. The molecule has 0 spiro atoms. The fourth-order valence-electron chi connectivity index (χ4n) is 2.00. The van der Waals surface area contributed by atoms with E-state index in [1.54, 1.807) is 12.1 Å². The van der Waals surface area contributed by atoms with Crippen LogP contribution in [0.4, 0.5) is 4.39 Å². The number of benzene rings is 1. The molecule has 90 valence electrons. The lowest BCUT2D eigenvalue weighted by atomic mass is 9.80. The van der Waals surface area contributed by atoms with Gasteiger partial charge in [0.2, 0.25) is 0 Å². The molecule has 0 aliphatic carbocycles. The first-order valence-corrected chi connectivity index (χ1v) is 6.02. The zero-order chi connectivity index (χ0) is 12.2. The summed E-state index contributed by atoms with van der Waals surface area (Å²) in [5.74, 6) is -0.194. The van der Waals surface area contributed by atoms with E-state index in [1.165, 1.54) is 6.07 Å². The summed E-state index contributed by atoms with van der Waals surface area (Å²) in [4.78, 5) is 0. The highest BCUT2D eigenvalue weighted by Crippen LogP contribution is 2.29. The fourth-order valence-corrected chi connectivity index (χ4v) is 2.20. The van der Waals surface area contributed by atoms with Gasteiger partial charge in [0, 0.05) is 5.02 Å². The van der Waals surface area contributed by atoms with Crippen molar-refractivity contribution in [2.75, 3.05) is 6.54 Å². The quantitative estimate of drug-likeness (QED) is 0.837. The van der Waals surface area contributed by atoms with Crippen LogP contribution in [0.3, 0.4) is 0 Å². The largest absolute Gasteiger partial charge is 0.330 e. The molecule has 0 bridgehead atoms. The van der Waals surface area contributed by atoms with Gasteiger partial charge >= 0.3 is 0 Å². The summed E-state index contributed by atoms with van der Waals surface area (Å²) in [6.45, 7) is 4.77. The fraction of sp³-hybridized carbons (Fsp3) is 0.538. The van der Waals surface area contributed by atoms with E-state index >= 15 is 0 Å². The molecule has 0 aliphatic rings. The number of rotatable bonds is 5. The van der Waals surface area contributed by atoms with Crippen LogP contribution >= 0.6 is 11.6 Å². The Labute approximate surface area is 102 Å². The van der Waals surface area contributed by atoms with E-state index in [9.17, 15) is 4.39 Å². The zero-order valence-corrected chi connectivity index (χ0v) is 10.6. The van der Waals surface area contributed by atoms with Crippen LogP contribution < -0.4 is 5.73 Å². The SMILES string of the molecule is CCCC(C)(CN)Cc1cc(Cl)ccc1F. The highest BCUT2D eigenvalue weighted by molar-refractivity contribution is 6.30. The molecule has 1 aromatic rings. The van der Waals surface area contributed by atoms with Crippen molar-refractivity contribution in [3.63, 3.8) is 0 Å². The summed E-state index contributed by atoms with van der Waals surface area (Å²) in [7, 11) is 0. The van der Waals surface area contributed by atoms with E-state index in [-0.39, 0.29) is 11.2 Å². The van der Waals surface area contributed by atoms with Crippen LogP contribution in [0.5, 0.6) is 0 Å². The molecule has 0 aliphatic heterocycles. The Morgan fingerprint density at radius 3 is 2.69 bits per heavy atom. The van der Waals surface area contributed by atoms with E-state index < -0.39 is 0 Å². The van der Waals surface area contributed by atoms with Crippen LogP contribution in [0.25, 0.3) is 0 Å². The third-order valence-electron chi connectivity index (χ3n) is 2.97. The molecule has 0 fully saturated rings. The Hall–Kier alpha value is -0.600. The van der Waals surface area contributed by atoms with Gasteiger partial charge in [-0.3, -0.25) is 0 Å². The summed E-state index contributed by atoms with van der Waals surface area (Å²) >= 11 is 5.87. The van der Waals surface area contributed by atoms with Crippen molar-refractivity contribution in [2.45, 2.75) is 33.1 Å². The second-order valence-electron chi connectivity index (χ2n) is 4.68. The van der Waals surface area contributed by atoms with E-state index in [1.807, 2.05) is 0 Å². The van der Waals surface area contributed by atoms with Gasteiger partial charge in [0.15, 0.2) is 0 Å². The first-order valence-electron chi connectivity index (χ1n) is 5.65. The molecule has 1 unspecified atom stereocenters. The summed E-state index contributed by atoms with van der Waals surface area (Å²) in [5, 5.41) is 0.576. The van der Waals surface area contributed by atoms with Crippen molar-refractivity contribution in [2.24, 2.45) is 11.1 Å². The third kappa shape index (κ3) is 3.46. The molecular weight excluding hydrogens is 225 g/mol. The van der Waals surface area contributed by atoms with Gasteiger partial charge in [0.1, 0.15) is 5.82 Å². The Balaban J connectivity index is 2.89. The van der Waals surface area contributed by atoms with Crippen molar-refractivity contribution in [1.82, 2.24) is 0 Å². The standard InChI is InChI=1S/C13H19ClFN/c1-3-6-13(2,9-16)8-10-7-11(14)4-5-12(10)15/h4-5,7H,3,6,8-9,16H2,1-2H3. The lowest BCUT2D eigenvalue weighted by molar-refractivity contribution is 0.298. The maximum Gasteiger partial charge on any atom is 0.126 e. The van der Waals surface area contributed by atoms with Gasteiger partial charge in [-0.15, -0.1) is 0 Å². The predicted octanol–water partition coefficient (Wildman–Crippen LogP) is 3.79. The van der Waals surface area contributed by atoms with Gasteiger partial charge in [-0.1, -0.05) is 31.9 Å². The van der Waals surface area contributed by atoms with E-state index in [2.05, 4.69) is 13.8 Å². The summed E-state index contributed by atoms with van der Waals surface area (Å²) < 4.78 is 13.6. The molecule has 0 saturated carbocycles. The minimum Gasteiger partial charge on any atom is -0.330 e. The monoisotopic (exact) mass is 243 g/mol. The lowest BCUT2D eigenvalue weighted by Crippen LogP contribution is -2.29. The number of halogens is 2. The molecule has 0 saturated heterocycles. The minimum absolute atomic E-state index is 0.0414. The van der Waals surface area contributed by atoms with Crippen molar-refractivity contribution in [3.05, 3.63) is 34.6 Å². The Kier molecular flexibility index (Phi) is 4.75. The highest BCUT2D eigenvalue weighted by Gasteiger charge is 2.23. The molecule has 1 aromatic carbocycles. The normalized spacial score (nSPS) is 14.8. The van der Waals surface area contributed by atoms with E-state index in [0.29, 0.717) is 23.6 Å². The van der Waals surface area contributed by atoms with Crippen LogP contribution in [0.15, 0.2) is 18.2 Å². The molecule has 1 nitrogen and oxygen atoms in total. The second kappa shape index (κ2) is 5.65. The van der Waals surface area contributed by atoms with Crippen LogP contribution in [-0.2, 0) is 6.42 Å². The number of nitrogens with two attached hydrogens (primary N) is 1. The molecule has 0 heterocycles. The average Bonchev–Trinajstić information content (AvgIpc) is 2.24. The molecule has 1 rings (SSSR count). The van der Waals surface area contributed by atoms with Gasteiger partial charge in [0.05, 0.1) is 0 Å². The third-order valence-corrected chi connectivity index (χ3v) is 3.21. The Morgan fingerprint density at radius 2 is 2.12 bits per heavy atom. The molecule has 3 heteroatoms. The smallest absolute Gasteiger partial charge is 0.126 e. The van der Waals surface area contributed by atoms with E-state index in [4.69, 9.17) is 17.3 Å². The van der Waals surface area contributed by atoms with Crippen LogP contribution in [0.2, 0.25) is 5.02 Å². The minimum atomic E-state index is -0.194. The Morgan fingerprint density at radius 1 is 1.44 bits per heavy atom. The second-order valence-corrected chi connectivity index (χ2v) is 5.11. The Bertz CT molecular complexity index is 354. The van der Waals surface area contributed by atoms with Crippen molar-refractivity contribution >= 4 is 11.6 Å². The maximum atomic E-state index is 13.6. The molecule has 0 amide bonds. The lowest BCUT2D eigenvalue weighted by Gasteiger charge is -2.27. The van der Waals surface area contributed by atoms with Gasteiger partial charge in [-0.05, 0) is 48.6 Å². The number of hydrogen-bond donors (Lipinski definition) is 1. The summed E-state index contributed by atoms with van der Waals surface area (Å²) in [6.07, 6.45) is 2.69. The maximum absolute atomic E-state index is 13.6. The van der Waals surface area contributed by atoms with Crippen molar-refractivity contribution in [3.8, 4) is 0 Å². The van der Waals surface area contributed by atoms with Crippen molar-refractivity contribution < 1.29 is 4.39 Å². The number of hydrogen-bond acceptors (Lipinski definition) is 1. The summed E-state index contributed by atoms with van der Waals surface area (Å²) in [5.41, 5.74) is 6.39. The topological polar surface area (TPSA) is 26.0 Å². The molecule has 2 N–H and O–H groups in total.